The zero-order valence-corrected chi connectivity index (χ0v) is 15.7. The number of carbonyl (C=O) groups is 1. The Hall–Kier alpha value is -1.92. The van der Waals surface area contributed by atoms with E-state index in [9.17, 15) is 9.18 Å². The molecule has 3 atom stereocenters. The van der Waals surface area contributed by atoms with E-state index < -0.39 is 0 Å². The number of likely N-dealkylation sites (tertiary alicyclic amines) is 1. The highest BCUT2D eigenvalue weighted by Gasteiger charge is 2.46. The Bertz CT molecular complexity index is 790. The normalized spacial score (nSPS) is 24.4. The number of nitrogens with one attached hydrogen (secondary N) is 1. The van der Waals surface area contributed by atoms with E-state index >= 15 is 0 Å². The second-order valence-corrected chi connectivity index (χ2v) is 7.11. The number of halogens is 2. The Morgan fingerprint density at radius 1 is 1.38 bits per heavy atom. The second-order valence-electron chi connectivity index (χ2n) is 7.11. The van der Waals surface area contributed by atoms with E-state index in [-0.39, 0.29) is 36.6 Å². The number of fused-ring (bicyclic) bond motifs is 1. The van der Waals surface area contributed by atoms with Crippen molar-refractivity contribution in [2.45, 2.75) is 26.3 Å². The number of rotatable bonds is 3. The molecule has 5 nitrogen and oxygen atoms in total. The predicted molar refractivity (Wildman–Crippen MR) is 97.6 cm³/mol. The summed E-state index contributed by atoms with van der Waals surface area (Å²) in [4.78, 5) is 15.0. The van der Waals surface area contributed by atoms with Crippen LogP contribution in [0.5, 0.6) is 0 Å². The van der Waals surface area contributed by atoms with Crippen LogP contribution in [0, 0.1) is 31.5 Å². The lowest BCUT2D eigenvalue weighted by Gasteiger charge is -2.28. The van der Waals surface area contributed by atoms with E-state index in [1.165, 1.54) is 6.07 Å². The quantitative estimate of drug-likeness (QED) is 0.890. The Morgan fingerprint density at radius 2 is 2.19 bits per heavy atom. The molecule has 0 radical (unpaired) electrons. The molecule has 0 saturated carbocycles. The minimum absolute atomic E-state index is 0. The van der Waals surface area contributed by atoms with Crippen molar-refractivity contribution in [3.05, 3.63) is 52.7 Å². The smallest absolute Gasteiger partial charge is 0.227 e. The summed E-state index contributed by atoms with van der Waals surface area (Å²) in [5, 5.41) is 7.34. The van der Waals surface area contributed by atoms with Crippen molar-refractivity contribution >= 4 is 18.3 Å². The highest BCUT2D eigenvalue weighted by molar-refractivity contribution is 5.85. The van der Waals surface area contributed by atoms with Gasteiger partial charge in [-0.2, -0.15) is 0 Å². The van der Waals surface area contributed by atoms with Gasteiger partial charge < -0.3 is 14.7 Å². The van der Waals surface area contributed by atoms with Crippen molar-refractivity contribution < 1.29 is 13.7 Å². The fourth-order valence-corrected chi connectivity index (χ4v) is 4.30. The van der Waals surface area contributed by atoms with E-state index in [0.29, 0.717) is 24.1 Å². The van der Waals surface area contributed by atoms with Crippen LogP contribution in [0.4, 0.5) is 4.39 Å². The zero-order chi connectivity index (χ0) is 17.6. The molecule has 0 unspecified atom stereocenters. The van der Waals surface area contributed by atoms with Gasteiger partial charge in [-0.05, 0) is 37.5 Å². The molecule has 2 aliphatic heterocycles. The largest absolute Gasteiger partial charge is 0.361 e. The predicted octanol–water partition coefficient (Wildman–Crippen LogP) is 2.81. The Morgan fingerprint density at radius 3 is 2.88 bits per heavy atom. The van der Waals surface area contributed by atoms with Crippen molar-refractivity contribution in [1.29, 1.82) is 0 Å². The molecule has 2 fully saturated rings. The van der Waals surface area contributed by atoms with E-state index in [1.54, 1.807) is 12.1 Å². The van der Waals surface area contributed by atoms with Gasteiger partial charge in [-0.1, -0.05) is 17.3 Å². The molecule has 4 rings (SSSR count). The average Bonchev–Trinajstić information content (AvgIpc) is 3.25. The molecular weight excluding hydrogens is 357 g/mol. The SMILES string of the molecule is Cc1noc(C)c1CC(=O)N1C[C@@H]2CNC[C@@H]2[C@H]1c1cccc(F)c1.Cl. The third kappa shape index (κ3) is 3.23. The molecular formula is C19H23ClFN3O2. The third-order valence-corrected chi connectivity index (χ3v) is 5.58. The van der Waals surface area contributed by atoms with Crippen molar-refractivity contribution in [1.82, 2.24) is 15.4 Å². The fourth-order valence-electron chi connectivity index (χ4n) is 4.30. The van der Waals surface area contributed by atoms with Gasteiger partial charge in [-0.15, -0.1) is 12.4 Å². The van der Waals surface area contributed by atoms with Crippen LogP contribution in [0.2, 0.25) is 0 Å². The molecule has 0 aliphatic carbocycles. The van der Waals surface area contributed by atoms with Crippen LogP contribution in [0.25, 0.3) is 0 Å². The first-order chi connectivity index (χ1) is 12.0. The van der Waals surface area contributed by atoms with Crippen LogP contribution in [0.15, 0.2) is 28.8 Å². The molecule has 1 amide bonds. The third-order valence-electron chi connectivity index (χ3n) is 5.58. The lowest BCUT2D eigenvalue weighted by molar-refractivity contribution is -0.132. The second kappa shape index (κ2) is 7.37. The number of hydrogen-bond donors (Lipinski definition) is 1. The number of aryl methyl sites for hydroxylation is 2. The highest BCUT2D eigenvalue weighted by atomic mass is 35.5. The molecule has 0 spiro atoms. The summed E-state index contributed by atoms with van der Waals surface area (Å²) in [6.45, 7) is 6.16. The minimum Gasteiger partial charge on any atom is -0.361 e. The van der Waals surface area contributed by atoms with Gasteiger partial charge in [0.15, 0.2) is 0 Å². The number of aromatic nitrogens is 1. The lowest BCUT2D eigenvalue weighted by atomic mass is 9.89. The van der Waals surface area contributed by atoms with Gasteiger partial charge in [0.25, 0.3) is 0 Å². The minimum atomic E-state index is -0.259. The van der Waals surface area contributed by atoms with Gasteiger partial charge in [0.2, 0.25) is 5.91 Å². The topological polar surface area (TPSA) is 58.4 Å². The Labute approximate surface area is 158 Å². The molecule has 1 aromatic carbocycles. The van der Waals surface area contributed by atoms with Crippen LogP contribution < -0.4 is 5.32 Å². The molecule has 7 heteroatoms. The summed E-state index contributed by atoms with van der Waals surface area (Å²) in [5.41, 5.74) is 2.50. The Kier molecular flexibility index (Phi) is 5.34. The molecule has 26 heavy (non-hydrogen) atoms. The number of carbonyl (C=O) groups excluding carboxylic acids is 1. The fraction of sp³-hybridized carbons (Fsp3) is 0.474. The van der Waals surface area contributed by atoms with Gasteiger partial charge in [0.05, 0.1) is 18.2 Å². The summed E-state index contributed by atoms with van der Waals surface area (Å²) >= 11 is 0. The van der Waals surface area contributed by atoms with E-state index in [1.807, 2.05) is 24.8 Å². The number of benzene rings is 1. The van der Waals surface area contributed by atoms with E-state index in [2.05, 4.69) is 10.5 Å². The zero-order valence-electron chi connectivity index (χ0n) is 14.9. The van der Waals surface area contributed by atoms with Gasteiger partial charge in [-0.3, -0.25) is 4.79 Å². The van der Waals surface area contributed by atoms with Crippen molar-refractivity contribution in [2.24, 2.45) is 11.8 Å². The number of amides is 1. The summed E-state index contributed by atoms with van der Waals surface area (Å²) in [5.74, 6) is 1.23. The number of nitrogens with zero attached hydrogens (tertiary/aromatic N) is 2. The maximum Gasteiger partial charge on any atom is 0.227 e. The molecule has 0 bridgehead atoms. The van der Waals surface area contributed by atoms with Gasteiger partial charge in [0.1, 0.15) is 11.6 Å². The maximum atomic E-state index is 13.8. The first-order valence-corrected chi connectivity index (χ1v) is 8.72. The summed E-state index contributed by atoms with van der Waals surface area (Å²) < 4.78 is 18.9. The van der Waals surface area contributed by atoms with Crippen molar-refractivity contribution in [2.75, 3.05) is 19.6 Å². The van der Waals surface area contributed by atoms with Crippen molar-refractivity contribution in [3.63, 3.8) is 0 Å². The van der Waals surface area contributed by atoms with E-state index in [0.717, 1.165) is 29.9 Å². The molecule has 2 aromatic rings. The van der Waals surface area contributed by atoms with Crippen LogP contribution in [-0.4, -0.2) is 35.6 Å². The molecule has 2 saturated heterocycles. The molecule has 140 valence electrons. The molecule has 3 heterocycles. The summed E-state index contributed by atoms with van der Waals surface area (Å²) in [6.07, 6.45) is 0.278. The van der Waals surface area contributed by atoms with Crippen LogP contribution in [-0.2, 0) is 11.2 Å². The highest BCUT2D eigenvalue weighted by Crippen LogP contribution is 2.43. The Balaban J connectivity index is 0.00000196. The summed E-state index contributed by atoms with van der Waals surface area (Å²) in [6, 6.07) is 6.56. The average molecular weight is 380 g/mol. The monoisotopic (exact) mass is 379 g/mol. The molecule has 1 N–H and O–H groups in total. The van der Waals surface area contributed by atoms with Gasteiger partial charge in [0, 0.05) is 31.1 Å². The van der Waals surface area contributed by atoms with Gasteiger partial charge in [-0.25, -0.2) is 4.39 Å². The first kappa shape index (κ1) is 18.9. The molecule has 2 aliphatic rings. The van der Waals surface area contributed by atoms with E-state index in [4.69, 9.17) is 4.52 Å². The molecule has 1 aromatic heterocycles. The number of hydrogen-bond acceptors (Lipinski definition) is 4. The van der Waals surface area contributed by atoms with Gasteiger partial charge >= 0.3 is 0 Å². The summed E-state index contributed by atoms with van der Waals surface area (Å²) in [7, 11) is 0. The standard InChI is InChI=1S/C19H22FN3O2.ClH/c1-11-16(12(2)25-22-11)7-18(24)23-10-14-8-21-9-17(14)19(23)13-4-3-5-15(20)6-13;/h3-6,14,17,19,21H,7-10H2,1-2H3;1H/t14-,17-,19+;/m0./s1. The van der Waals surface area contributed by atoms with Crippen LogP contribution in [0.3, 0.4) is 0 Å². The van der Waals surface area contributed by atoms with Crippen LogP contribution in [0.1, 0.15) is 28.6 Å². The lowest BCUT2D eigenvalue weighted by Crippen LogP contribution is -2.35. The first-order valence-electron chi connectivity index (χ1n) is 8.72. The maximum absolute atomic E-state index is 13.8. The van der Waals surface area contributed by atoms with Crippen molar-refractivity contribution in [3.8, 4) is 0 Å². The van der Waals surface area contributed by atoms with Crippen LogP contribution >= 0.6 is 12.4 Å².